The van der Waals surface area contributed by atoms with Crippen LogP contribution in [0.15, 0.2) is 42.5 Å². The van der Waals surface area contributed by atoms with E-state index in [4.69, 9.17) is 0 Å². The summed E-state index contributed by atoms with van der Waals surface area (Å²) in [5, 5.41) is 11.8. The summed E-state index contributed by atoms with van der Waals surface area (Å²) in [4.78, 5) is 28.1. The largest absolute Gasteiger partial charge is 0.481 e. The predicted molar refractivity (Wildman–Crippen MR) is 109 cm³/mol. The third-order valence-electron chi connectivity index (χ3n) is 6.05. The number of carbonyl (C=O) groups excluding carboxylic acids is 1. The first-order valence-electron chi connectivity index (χ1n) is 10.3. The number of carbonyl (C=O) groups is 2. The molecule has 0 radical (unpaired) electrons. The second kappa shape index (κ2) is 8.31. The standard InChI is InChI=1S/C23H28N2O3/c26-22(25-13-4-8-19(16-25)23(27)28)12-14-24(20-10-11-20)15-18-7-3-6-17-5-1-2-9-21(17)18/h1-3,5-7,9,19-20H,4,8,10-16H2,(H,27,28). The molecule has 1 aliphatic carbocycles. The molecule has 1 heterocycles. The number of carboxylic acid groups (broad SMARTS) is 1. The number of nitrogens with zero attached hydrogens (tertiary/aromatic N) is 2. The molecule has 2 fully saturated rings. The third-order valence-corrected chi connectivity index (χ3v) is 6.05. The molecule has 1 aliphatic heterocycles. The molecule has 2 aromatic carbocycles. The lowest BCUT2D eigenvalue weighted by atomic mass is 9.98. The number of hydrogen-bond donors (Lipinski definition) is 1. The third kappa shape index (κ3) is 4.36. The van der Waals surface area contributed by atoms with Crippen molar-refractivity contribution in [2.75, 3.05) is 19.6 Å². The van der Waals surface area contributed by atoms with Gasteiger partial charge in [-0.15, -0.1) is 0 Å². The maximum absolute atomic E-state index is 12.7. The van der Waals surface area contributed by atoms with Crippen LogP contribution in [0, 0.1) is 5.92 Å². The van der Waals surface area contributed by atoms with E-state index in [2.05, 4.69) is 47.4 Å². The number of rotatable bonds is 7. The zero-order valence-corrected chi connectivity index (χ0v) is 16.2. The molecule has 1 saturated heterocycles. The minimum absolute atomic E-state index is 0.0921. The van der Waals surface area contributed by atoms with E-state index < -0.39 is 11.9 Å². The van der Waals surface area contributed by atoms with Crippen LogP contribution in [-0.2, 0) is 16.1 Å². The molecule has 5 nitrogen and oxygen atoms in total. The molecule has 1 unspecified atom stereocenters. The van der Waals surface area contributed by atoms with Crippen molar-refractivity contribution in [3.8, 4) is 0 Å². The van der Waals surface area contributed by atoms with Crippen LogP contribution >= 0.6 is 0 Å². The highest BCUT2D eigenvalue weighted by Gasteiger charge is 2.31. The van der Waals surface area contributed by atoms with Crippen LogP contribution in [0.2, 0.25) is 0 Å². The number of benzene rings is 2. The average molecular weight is 380 g/mol. The Morgan fingerprint density at radius 1 is 1.07 bits per heavy atom. The van der Waals surface area contributed by atoms with Gasteiger partial charge < -0.3 is 10.0 Å². The van der Waals surface area contributed by atoms with Crippen molar-refractivity contribution in [3.63, 3.8) is 0 Å². The first kappa shape index (κ1) is 18.9. The lowest BCUT2D eigenvalue weighted by Gasteiger charge is -2.31. The monoisotopic (exact) mass is 380 g/mol. The Hall–Kier alpha value is -2.40. The maximum Gasteiger partial charge on any atom is 0.308 e. The van der Waals surface area contributed by atoms with Crippen molar-refractivity contribution in [1.29, 1.82) is 0 Å². The highest BCUT2D eigenvalue weighted by molar-refractivity contribution is 5.85. The molecule has 148 valence electrons. The fourth-order valence-corrected chi connectivity index (χ4v) is 4.28. The van der Waals surface area contributed by atoms with E-state index in [0.717, 1.165) is 19.5 Å². The second-order valence-electron chi connectivity index (χ2n) is 8.11. The molecule has 2 aliphatic rings. The van der Waals surface area contributed by atoms with Crippen molar-refractivity contribution in [1.82, 2.24) is 9.80 Å². The maximum atomic E-state index is 12.7. The van der Waals surface area contributed by atoms with Crippen molar-refractivity contribution in [3.05, 3.63) is 48.0 Å². The van der Waals surface area contributed by atoms with E-state index in [1.54, 1.807) is 4.90 Å². The first-order chi connectivity index (χ1) is 13.6. The molecule has 1 N–H and O–H groups in total. The highest BCUT2D eigenvalue weighted by Crippen LogP contribution is 2.30. The summed E-state index contributed by atoms with van der Waals surface area (Å²) < 4.78 is 0. The van der Waals surface area contributed by atoms with E-state index in [1.165, 1.54) is 29.2 Å². The summed E-state index contributed by atoms with van der Waals surface area (Å²) in [5.74, 6) is -1.10. The van der Waals surface area contributed by atoms with Gasteiger partial charge in [0, 0.05) is 38.6 Å². The van der Waals surface area contributed by atoms with Gasteiger partial charge >= 0.3 is 5.97 Å². The van der Waals surface area contributed by atoms with Crippen molar-refractivity contribution in [2.45, 2.75) is 44.7 Å². The van der Waals surface area contributed by atoms with Crippen LogP contribution in [0.1, 0.15) is 37.7 Å². The number of aliphatic carboxylic acids is 1. The van der Waals surface area contributed by atoms with Gasteiger partial charge in [-0.25, -0.2) is 0 Å². The van der Waals surface area contributed by atoms with E-state index in [0.29, 0.717) is 32.0 Å². The molecule has 5 heteroatoms. The zero-order chi connectivity index (χ0) is 19.5. The normalized spacial score (nSPS) is 19.9. The molecule has 1 atom stereocenters. The Morgan fingerprint density at radius 2 is 1.86 bits per heavy atom. The molecule has 1 amide bonds. The summed E-state index contributed by atoms with van der Waals surface area (Å²) >= 11 is 0. The lowest BCUT2D eigenvalue weighted by Crippen LogP contribution is -2.43. The van der Waals surface area contributed by atoms with Crippen LogP contribution in [0.4, 0.5) is 0 Å². The number of carboxylic acids is 1. The number of piperidine rings is 1. The van der Waals surface area contributed by atoms with Gasteiger partial charge in [0.05, 0.1) is 5.92 Å². The number of fused-ring (bicyclic) bond motifs is 1. The van der Waals surface area contributed by atoms with E-state index in [1.807, 2.05) is 0 Å². The molecular weight excluding hydrogens is 352 g/mol. The van der Waals surface area contributed by atoms with Gasteiger partial charge in [0.1, 0.15) is 0 Å². The minimum atomic E-state index is -0.784. The Morgan fingerprint density at radius 3 is 2.64 bits per heavy atom. The van der Waals surface area contributed by atoms with Crippen LogP contribution in [0.25, 0.3) is 10.8 Å². The smallest absolute Gasteiger partial charge is 0.308 e. The lowest BCUT2D eigenvalue weighted by molar-refractivity contribution is -0.145. The van der Waals surface area contributed by atoms with Crippen molar-refractivity contribution < 1.29 is 14.7 Å². The molecule has 0 aromatic heterocycles. The second-order valence-corrected chi connectivity index (χ2v) is 8.11. The van der Waals surface area contributed by atoms with Crippen LogP contribution in [-0.4, -0.2) is 52.5 Å². The summed E-state index contributed by atoms with van der Waals surface area (Å²) in [7, 11) is 0. The SMILES string of the molecule is O=C(O)C1CCCN(C(=O)CCN(Cc2cccc3ccccc23)C2CC2)C1. The van der Waals surface area contributed by atoms with Gasteiger partial charge in [-0.1, -0.05) is 42.5 Å². The summed E-state index contributed by atoms with van der Waals surface area (Å²) in [6, 6.07) is 15.4. The molecule has 0 spiro atoms. The fraction of sp³-hybridized carbons (Fsp3) is 0.478. The quantitative estimate of drug-likeness (QED) is 0.798. The van der Waals surface area contributed by atoms with E-state index >= 15 is 0 Å². The van der Waals surface area contributed by atoms with Crippen LogP contribution < -0.4 is 0 Å². The summed E-state index contributed by atoms with van der Waals surface area (Å²) in [6.45, 7) is 2.65. The Bertz CT molecular complexity index is 857. The molecule has 2 aromatic rings. The van der Waals surface area contributed by atoms with Gasteiger partial charge in [0.25, 0.3) is 0 Å². The van der Waals surface area contributed by atoms with Gasteiger partial charge in [-0.3, -0.25) is 14.5 Å². The Kier molecular flexibility index (Phi) is 5.62. The van der Waals surface area contributed by atoms with Crippen molar-refractivity contribution in [2.24, 2.45) is 5.92 Å². The fourth-order valence-electron chi connectivity index (χ4n) is 4.28. The Labute approximate surface area is 165 Å². The highest BCUT2D eigenvalue weighted by atomic mass is 16.4. The van der Waals surface area contributed by atoms with Gasteiger partial charge in [-0.05, 0) is 42.0 Å². The first-order valence-corrected chi connectivity index (χ1v) is 10.3. The topological polar surface area (TPSA) is 60.9 Å². The Balaban J connectivity index is 1.39. The van der Waals surface area contributed by atoms with Gasteiger partial charge in [-0.2, -0.15) is 0 Å². The average Bonchev–Trinajstić information content (AvgIpc) is 3.56. The predicted octanol–water partition coefficient (Wildman–Crippen LogP) is 3.52. The van der Waals surface area contributed by atoms with Crippen LogP contribution in [0.3, 0.4) is 0 Å². The number of hydrogen-bond acceptors (Lipinski definition) is 3. The zero-order valence-electron chi connectivity index (χ0n) is 16.2. The van der Waals surface area contributed by atoms with Gasteiger partial charge in [0.15, 0.2) is 0 Å². The molecular formula is C23H28N2O3. The van der Waals surface area contributed by atoms with E-state index in [9.17, 15) is 14.7 Å². The number of likely N-dealkylation sites (tertiary alicyclic amines) is 1. The summed E-state index contributed by atoms with van der Waals surface area (Å²) in [5.41, 5.74) is 1.31. The minimum Gasteiger partial charge on any atom is -0.481 e. The molecule has 28 heavy (non-hydrogen) atoms. The van der Waals surface area contributed by atoms with Gasteiger partial charge in [0.2, 0.25) is 5.91 Å². The molecule has 1 saturated carbocycles. The van der Waals surface area contributed by atoms with Crippen LogP contribution in [0.5, 0.6) is 0 Å². The number of amides is 1. The summed E-state index contributed by atoms with van der Waals surface area (Å²) in [6.07, 6.45) is 4.32. The van der Waals surface area contributed by atoms with Crippen molar-refractivity contribution >= 4 is 22.6 Å². The van der Waals surface area contributed by atoms with E-state index in [-0.39, 0.29) is 5.91 Å². The molecule has 0 bridgehead atoms. The molecule has 4 rings (SSSR count).